The van der Waals surface area contributed by atoms with Crippen molar-refractivity contribution in [3.63, 3.8) is 0 Å². The molecule has 3 rings (SSSR count). The Morgan fingerprint density at radius 2 is 2.26 bits per heavy atom. The van der Waals surface area contributed by atoms with Gasteiger partial charge in [-0.25, -0.2) is 0 Å². The lowest BCUT2D eigenvalue weighted by molar-refractivity contribution is -0.122. The number of hydrogen-bond acceptors (Lipinski definition) is 3. The number of rotatable bonds is 2. The minimum atomic E-state index is 0.0166. The lowest BCUT2D eigenvalue weighted by Gasteiger charge is -2.33. The van der Waals surface area contributed by atoms with Crippen LogP contribution < -0.4 is 9.64 Å². The van der Waals surface area contributed by atoms with Crippen molar-refractivity contribution in [1.82, 2.24) is 0 Å². The van der Waals surface area contributed by atoms with Gasteiger partial charge in [0.1, 0.15) is 5.75 Å². The maximum absolute atomic E-state index is 12.1. The number of benzene rings is 1. The molecular weight excluding hydrogens is 357 g/mol. The van der Waals surface area contributed by atoms with Crippen LogP contribution in [-0.4, -0.2) is 31.8 Å². The number of hydrogen-bond donors (Lipinski definition) is 0. The summed E-state index contributed by atoms with van der Waals surface area (Å²) in [6, 6.07) is 5.92. The molecule has 5 heteroatoms. The van der Waals surface area contributed by atoms with Crippen molar-refractivity contribution in [2.75, 3.05) is 24.7 Å². The van der Waals surface area contributed by atoms with Gasteiger partial charge in [-0.05, 0) is 60.1 Å². The van der Waals surface area contributed by atoms with Gasteiger partial charge in [-0.3, -0.25) is 4.79 Å². The van der Waals surface area contributed by atoms with Crippen LogP contribution in [0.3, 0.4) is 0 Å². The molecule has 1 aromatic rings. The molecule has 102 valence electrons. The number of ether oxygens (including phenoxy) is 2. The quantitative estimate of drug-likeness (QED) is 0.749. The highest BCUT2D eigenvalue weighted by molar-refractivity contribution is 14.1. The molecule has 2 aliphatic rings. The number of carbonyl (C=O) groups excluding carboxylic acids is 1. The van der Waals surface area contributed by atoms with Crippen molar-refractivity contribution >= 4 is 34.2 Å². The highest BCUT2D eigenvalue weighted by atomic mass is 127. The average Bonchev–Trinajstić information content (AvgIpc) is 2.43. The number of carbonyl (C=O) groups is 1. The molecular formula is C14H16INO3. The fraction of sp³-hybridized carbons (Fsp3) is 0.500. The predicted octanol–water partition coefficient (Wildman–Crippen LogP) is 2.59. The van der Waals surface area contributed by atoms with E-state index in [2.05, 4.69) is 22.6 Å². The summed E-state index contributed by atoms with van der Waals surface area (Å²) in [4.78, 5) is 13.9. The van der Waals surface area contributed by atoms with Crippen LogP contribution in [0, 0.1) is 3.57 Å². The molecule has 19 heavy (non-hydrogen) atoms. The average molecular weight is 373 g/mol. The third-order valence-corrected chi connectivity index (χ3v) is 4.20. The second kappa shape index (κ2) is 5.66. The van der Waals surface area contributed by atoms with E-state index in [9.17, 15) is 4.79 Å². The van der Waals surface area contributed by atoms with Crippen LogP contribution in [-0.2, 0) is 9.53 Å². The highest BCUT2D eigenvalue weighted by Crippen LogP contribution is 2.34. The summed E-state index contributed by atoms with van der Waals surface area (Å²) in [6.45, 7) is 1.57. The van der Waals surface area contributed by atoms with Crippen molar-refractivity contribution in [3.05, 3.63) is 21.8 Å². The molecule has 0 radical (unpaired) electrons. The Hall–Kier alpha value is -0.820. The van der Waals surface area contributed by atoms with Gasteiger partial charge in [0.15, 0.2) is 6.61 Å². The lowest BCUT2D eigenvalue weighted by Crippen LogP contribution is -2.44. The Kier molecular flexibility index (Phi) is 3.93. The first-order valence-corrected chi connectivity index (χ1v) is 7.66. The van der Waals surface area contributed by atoms with E-state index in [-0.39, 0.29) is 18.6 Å². The molecule has 1 unspecified atom stereocenters. The summed E-state index contributed by atoms with van der Waals surface area (Å²) >= 11 is 2.25. The predicted molar refractivity (Wildman–Crippen MR) is 80.6 cm³/mol. The minimum absolute atomic E-state index is 0.0166. The topological polar surface area (TPSA) is 38.8 Å². The Bertz CT molecular complexity index is 486. The largest absolute Gasteiger partial charge is 0.482 e. The first kappa shape index (κ1) is 13.2. The van der Waals surface area contributed by atoms with Crippen molar-refractivity contribution in [2.24, 2.45) is 0 Å². The number of amides is 1. The van der Waals surface area contributed by atoms with Crippen LogP contribution in [0.4, 0.5) is 5.69 Å². The minimum Gasteiger partial charge on any atom is -0.482 e. The molecule has 2 heterocycles. The van der Waals surface area contributed by atoms with Gasteiger partial charge < -0.3 is 14.4 Å². The van der Waals surface area contributed by atoms with Crippen molar-refractivity contribution in [1.29, 1.82) is 0 Å². The lowest BCUT2D eigenvalue weighted by atomic mass is 10.1. The molecule has 0 spiro atoms. The Labute approximate surface area is 126 Å². The smallest absolute Gasteiger partial charge is 0.265 e. The molecule has 1 aromatic carbocycles. The summed E-state index contributed by atoms with van der Waals surface area (Å²) in [6.07, 6.45) is 3.50. The summed E-state index contributed by atoms with van der Waals surface area (Å²) in [5.74, 6) is 0.810. The Morgan fingerprint density at radius 3 is 3.05 bits per heavy atom. The summed E-state index contributed by atoms with van der Waals surface area (Å²) in [5, 5.41) is 0. The standard InChI is InChI=1S/C14H16INO3/c15-10-4-5-12-13(7-10)19-9-14(17)16(12)8-11-3-1-2-6-18-11/h4-5,7,11H,1-3,6,8-9H2. The molecule has 0 saturated carbocycles. The second-order valence-corrected chi connectivity index (χ2v) is 6.14. The molecule has 0 aliphatic carbocycles. The van der Waals surface area contributed by atoms with Gasteiger partial charge in [0.25, 0.3) is 5.91 Å². The molecule has 1 fully saturated rings. The van der Waals surface area contributed by atoms with Crippen LogP contribution in [0.5, 0.6) is 5.75 Å². The van der Waals surface area contributed by atoms with Crippen LogP contribution in [0.1, 0.15) is 19.3 Å². The van der Waals surface area contributed by atoms with E-state index in [0.29, 0.717) is 6.54 Å². The molecule has 0 bridgehead atoms. The van der Waals surface area contributed by atoms with Gasteiger partial charge in [0.2, 0.25) is 0 Å². The van der Waals surface area contributed by atoms with E-state index in [0.717, 1.165) is 34.5 Å². The Morgan fingerprint density at radius 1 is 1.37 bits per heavy atom. The van der Waals surface area contributed by atoms with Gasteiger partial charge in [-0.1, -0.05) is 0 Å². The maximum Gasteiger partial charge on any atom is 0.265 e. The van der Waals surface area contributed by atoms with E-state index in [1.54, 1.807) is 0 Å². The van der Waals surface area contributed by atoms with E-state index in [1.807, 2.05) is 23.1 Å². The van der Waals surface area contributed by atoms with E-state index >= 15 is 0 Å². The molecule has 1 amide bonds. The molecule has 0 aromatic heterocycles. The number of fused-ring (bicyclic) bond motifs is 1. The Balaban J connectivity index is 1.82. The van der Waals surface area contributed by atoms with Crippen LogP contribution in [0.15, 0.2) is 18.2 Å². The molecule has 0 N–H and O–H groups in total. The van der Waals surface area contributed by atoms with Crippen molar-refractivity contribution in [2.45, 2.75) is 25.4 Å². The molecule has 1 saturated heterocycles. The van der Waals surface area contributed by atoms with Gasteiger partial charge in [0.05, 0.1) is 18.3 Å². The SMILES string of the molecule is O=C1COc2cc(I)ccc2N1CC1CCCCO1. The monoisotopic (exact) mass is 373 g/mol. The molecule has 4 nitrogen and oxygen atoms in total. The molecule has 2 aliphatic heterocycles. The third kappa shape index (κ3) is 2.86. The van der Waals surface area contributed by atoms with Gasteiger partial charge >= 0.3 is 0 Å². The fourth-order valence-electron chi connectivity index (χ4n) is 2.53. The summed E-state index contributed by atoms with van der Waals surface area (Å²) in [7, 11) is 0. The highest BCUT2D eigenvalue weighted by Gasteiger charge is 2.28. The van der Waals surface area contributed by atoms with Gasteiger partial charge in [-0.2, -0.15) is 0 Å². The number of halogens is 1. The summed E-state index contributed by atoms with van der Waals surface area (Å²) < 4.78 is 12.3. The number of anilines is 1. The summed E-state index contributed by atoms with van der Waals surface area (Å²) in [5.41, 5.74) is 0.867. The van der Waals surface area contributed by atoms with E-state index < -0.39 is 0 Å². The van der Waals surface area contributed by atoms with Crippen LogP contribution >= 0.6 is 22.6 Å². The zero-order valence-electron chi connectivity index (χ0n) is 10.6. The third-order valence-electron chi connectivity index (χ3n) is 3.53. The van der Waals surface area contributed by atoms with Crippen LogP contribution in [0.2, 0.25) is 0 Å². The fourth-order valence-corrected chi connectivity index (χ4v) is 3.00. The first-order chi connectivity index (χ1) is 9.24. The van der Waals surface area contributed by atoms with E-state index in [1.165, 1.54) is 6.42 Å². The zero-order chi connectivity index (χ0) is 13.2. The molecule has 1 atom stereocenters. The first-order valence-electron chi connectivity index (χ1n) is 6.58. The van der Waals surface area contributed by atoms with Crippen molar-refractivity contribution in [3.8, 4) is 5.75 Å². The van der Waals surface area contributed by atoms with Crippen molar-refractivity contribution < 1.29 is 14.3 Å². The van der Waals surface area contributed by atoms with Gasteiger partial charge in [0, 0.05) is 10.2 Å². The van der Waals surface area contributed by atoms with Crippen LogP contribution in [0.25, 0.3) is 0 Å². The number of nitrogens with zero attached hydrogens (tertiary/aromatic N) is 1. The zero-order valence-corrected chi connectivity index (χ0v) is 12.8. The normalized spacial score (nSPS) is 22.9. The second-order valence-electron chi connectivity index (χ2n) is 4.89. The van der Waals surface area contributed by atoms with E-state index in [4.69, 9.17) is 9.47 Å². The van der Waals surface area contributed by atoms with Gasteiger partial charge in [-0.15, -0.1) is 0 Å². The maximum atomic E-state index is 12.1.